The van der Waals surface area contributed by atoms with E-state index in [0.717, 1.165) is 11.1 Å². The van der Waals surface area contributed by atoms with Gasteiger partial charge in [-0.2, -0.15) is 13.2 Å². The number of likely N-dealkylation sites (N-methyl/N-ethyl adjacent to an activating group) is 1. The molecule has 11 heteroatoms. The number of amides is 2. The minimum absolute atomic E-state index is 0.00539. The highest BCUT2D eigenvalue weighted by atomic mass is 19.4. The van der Waals surface area contributed by atoms with Gasteiger partial charge in [0, 0.05) is 36.8 Å². The Kier molecular flexibility index (Phi) is 9.85. The van der Waals surface area contributed by atoms with Crippen molar-refractivity contribution in [2.24, 2.45) is 5.92 Å². The molecular weight excluding hydrogens is 539 g/mol. The van der Waals surface area contributed by atoms with E-state index in [0.29, 0.717) is 35.7 Å². The zero-order valence-electron chi connectivity index (χ0n) is 23.1. The molecule has 5 atom stereocenters. The summed E-state index contributed by atoms with van der Waals surface area (Å²) in [4.78, 5) is 27.2. The normalized spacial score (nSPS) is 24.9. The van der Waals surface area contributed by atoms with Gasteiger partial charge in [-0.05, 0) is 43.1 Å². The lowest BCUT2D eigenvalue weighted by Gasteiger charge is -2.42. The molecule has 41 heavy (non-hydrogen) atoms. The Bertz CT molecular complexity index is 1210. The fourth-order valence-corrected chi connectivity index (χ4v) is 5.32. The molecule has 2 aromatic rings. The number of nitrogens with one attached hydrogen (secondary N) is 1. The third-order valence-corrected chi connectivity index (χ3v) is 7.56. The number of nitrogens with zero attached hydrogens (tertiary/aromatic N) is 2. The number of carbonyl (C=O) groups is 2. The number of halogens is 3. The van der Waals surface area contributed by atoms with Gasteiger partial charge in [-0.25, -0.2) is 0 Å². The van der Waals surface area contributed by atoms with Gasteiger partial charge < -0.3 is 29.7 Å². The number of aliphatic hydroxyl groups excluding tert-OH is 1. The number of benzene rings is 2. The maximum atomic E-state index is 13.0. The number of likely N-dealkylation sites (tertiary alicyclic amines) is 1. The fraction of sp³-hybridized carbons (Fsp3) is 0.467. The van der Waals surface area contributed by atoms with Gasteiger partial charge in [0.15, 0.2) is 6.29 Å². The summed E-state index contributed by atoms with van der Waals surface area (Å²) in [5.74, 6) is -2.66. The van der Waals surface area contributed by atoms with Gasteiger partial charge in [0.25, 0.3) is 0 Å². The van der Waals surface area contributed by atoms with E-state index < -0.39 is 30.3 Å². The zero-order chi connectivity index (χ0) is 29.7. The molecule has 2 heterocycles. The Hall–Kier alpha value is -3.25. The predicted molar refractivity (Wildman–Crippen MR) is 147 cm³/mol. The van der Waals surface area contributed by atoms with Crippen LogP contribution in [0, 0.1) is 5.92 Å². The minimum atomic E-state index is -5.03. The van der Waals surface area contributed by atoms with E-state index in [1.54, 1.807) is 24.3 Å². The van der Waals surface area contributed by atoms with Gasteiger partial charge in [0.05, 0.1) is 18.8 Å². The van der Waals surface area contributed by atoms with Crippen molar-refractivity contribution >= 4 is 17.5 Å². The van der Waals surface area contributed by atoms with Crippen LogP contribution in [-0.4, -0.2) is 71.7 Å². The summed E-state index contributed by atoms with van der Waals surface area (Å²) in [5.41, 5.74) is 2.84. The van der Waals surface area contributed by atoms with Crippen molar-refractivity contribution < 1.29 is 37.3 Å². The van der Waals surface area contributed by atoms with Crippen molar-refractivity contribution in [1.29, 1.82) is 0 Å². The molecule has 0 radical (unpaired) electrons. The van der Waals surface area contributed by atoms with Crippen LogP contribution < -0.4 is 5.32 Å². The van der Waals surface area contributed by atoms with Gasteiger partial charge in [-0.1, -0.05) is 49.4 Å². The average molecular weight is 576 g/mol. The smallest absolute Gasteiger partial charge is 0.392 e. The molecule has 8 nitrogen and oxygen atoms in total. The summed E-state index contributed by atoms with van der Waals surface area (Å²) in [7, 11) is 1.98. The topological polar surface area (TPSA) is 91.3 Å². The highest BCUT2D eigenvalue weighted by Gasteiger charge is 2.47. The molecule has 2 aromatic carbocycles. The SMILES string of the molecule is C=CCN(C)C[C@H]1O[C@@H](c2ccc(NC(=O)[C@@H]3CCCN3C(=O)C(F)(F)F)cc2)O[C@@H](c2ccc(CO)cc2)[C@H]1C. The summed E-state index contributed by atoms with van der Waals surface area (Å²) in [6, 6.07) is 13.2. The quantitative estimate of drug-likeness (QED) is 0.426. The van der Waals surface area contributed by atoms with Gasteiger partial charge in [0.1, 0.15) is 6.04 Å². The first-order valence-corrected chi connectivity index (χ1v) is 13.6. The van der Waals surface area contributed by atoms with E-state index in [9.17, 15) is 27.9 Å². The first-order valence-electron chi connectivity index (χ1n) is 13.6. The Labute approximate surface area is 237 Å². The molecule has 2 fully saturated rings. The monoisotopic (exact) mass is 575 g/mol. The highest BCUT2D eigenvalue weighted by molar-refractivity contribution is 5.98. The summed E-state index contributed by atoms with van der Waals surface area (Å²) in [6.07, 6.45) is -3.91. The van der Waals surface area contributed by atoms with Crippen LogP contribution in [0.25, 0.3) is 0 Å². The first-order chi connectivity index (χ1) is 19.5. The van der Waals surface area contributed by atoms with E-state index in [-0.39, 0.29) is 37.7 Å². The number of aliphatic hydroxyl groups is 1. The van der Waals surface area contributed by atoms with E-state index >= 15 is 0 Å². The molecule has 4 rings (SSSR count). The van der Waals surface area contributed by atoms with Crippen molar-refractivity contribution in [3.05, 3.63) is 77.9 Å². The van der Waals surface area contributed by atoms with Gasteiger partial charge in [-0.15, -0.1) is 6.58 Å². The van der Waals surface area contributed by atoms with Gasteiger partial charge >= 0.3 is 12.1 Å². The van der Waals surface area contributed by atoms with Crippen LogP contribution >= 0.6 is 0 Å². The second-order valence-corrected chi connectivity index (χ2v) is 10.6. The van der Waals surface area contributed by atoms with Crippen molar-refractivity contribution in [3.8, 4) is 0 Å². The number of carbonyl (C=O) groups excluding carboxylic acids is 2. The van der Waals surface area contributed by atoms with Crippen molar-refractivity contribution in [3.63, 3.8) is 0 Å². The average Bonchev–Trinajstić information content (AvgIpc) is 3.44. The molecule has 0 aliphatic carbocycles. The number of anilines is 1. The molecule has 2 saturated heterocycles. The Morgan fingerprint density at radius 2 is 1.78 bits per heavy atom. The third kappa shape index (κ3) is 7.34. The second kappa shape index (κ2) is 13.2. The van der Waals surface area contributed by atoms with E-state index in [1.165, 1.54) is 0 Å². The van der Waals surface area contributed by atoms with Gasteiger partial charge in [-0.3, -0.25) is 9.59 Å². The second-order valence-electron chi connectivity index (χ2n) is 10.6. The molecule has 2 amide bonds. The molecule has 222 valence electrons. The molecule has 2 N–H and O–H groups in total. The number of rotatable bonds is 9. The summed E-state index contributed by atoms with van der Waals surface area (Å²) >= 11 is 0. The number of alkyl halides is 3. The maximum Gasteiger partial charge on any atom is 0.471 e. The predicted octanol–water partition coefficient (Wildman–Crippen LogP) is 4.58. The largest absolute Gasteiger partial charge is 0.471 e. The van der Waals surface area contributed by atoms with E-state index in [2.05, 4.69) is 23.7 Å². The van der Waals surface area contributed by atoms with Gasteiger partial charge in [0.2, 0.25) is 5.91 Å². The fourth-order valence-electron chi connectivity index (χ4n) is 5.32. The molecule has 0 bridgehead atoms. The molecule has 0 unspecified atom stereocenters. The van der Waals surface area contributed by atoms with Crippen LogP contribution in [0.4, 0.5) is 18.9 Å². The molecule has 0 saturated carbocycles. The molecule has 0 spiro atoms. The van der Waals surface area contributed by atoms with Crippen LogP contribution in [0.15, 0.2) is 61.2 Å². The lowest BCUT2D eigenvalue weighted by atomic mass is 9.90. The first kappa shape index (κ1) is 30.7. The molecule has 2 aliphatic rings. The standard InChI is InChI=1S/C30H36F3N3O5/c1-4-15-35(3)17-25-19(2)26(21-9-7-20(18-37)8-10-21)41-28(40-25)22-11-13-23(14-12-22)34-27(38)24-6-5-16-36(24)29(39)30(31,32)33/h4,7-14,19,24-26,28,37H,1,5-6,15-18H2,2-3H3,(H,34,38)/t19-,24-,25+,26+,28+/m0/s1. The maximum absolute atomic E-state index is 13.0. The lowest BCUT2D eigenvalue weighted by molar-refractivity contribution is -0.275. The summed E-state index contributed by atoms with van der Waals surface area (Å²) in [5, 5.41) is 12.1. The van der Waals surface area contributed by atoms with Crippen molar-refractivity contribution in [2.45, 2.75) is 57.1 Å². The summed E-state index contributed by atoms with van der Waals surface area (Å²) < 4.78 is 51.7. The van der Waals surface area contributed by atoms with E-state index in [4.69, 9.17) is 9.47 Å². The Morgan fingerprint density at radius 1 is 1.12 bits per heavy atom. The summed E-state index contributed by atoms with van der Waals surface area (Å²) in [6.45, 7) is 7.04. The number of ether oxygens (including phenoxy) is 2. The Balaban J connectivity index is 1.49. The zero-order valence-corrected chi connectivity index (χ0v) is 23.1. The number of hydrogen-bond acceptors (Lipinski definition) is 6. The molecule has 0 aromatic heterocycles. The lowest BCUT2D eigenvalue weighted by Crippen LogP contribution is -2.48. The van der Waals surface area contributed by atoms with Crippen LogP contribution in [0.5, 0.6) is 0 Å². The molecular formula is C30H36F3N3O5. The molecule has 2 aliphatic heterocycles. The van der Waals surface area contributed by atoms with Crippen molar-refractivity contribution in [2.75, 3.05) is 32.0 Å². The third-order valence-electron chi connectivity index (χ3n) is 7.56. The van der Waals surface area contributed by atoms with Crippen molar-refractivity contribution in [1.82, 2.24) is 9.80 Å². The van der Waals surface area contributed by atoms with Crippen LogP contribution in [0.2, 0.25) is 0 Å². The Morgan fingerprint density at radius 3 is 2.39 bits per heavy atom. The van der Waals surface area contributed by atoms with Crippen LogP contribution in [0.1, 0.15) is 48.8 Å². The number of hydrogen-bond donors (Lipinski definition) is 2. The minimum Gasteiger partial charge on any atom is -0.392 e. The highest BCUT2D eigenvalue weighted by Crippen LogP contribution is 2.42. The van der Waals surface area contributed by atoms with E-state index in [1.807, 2.05) is 37.4 Å². The van der Waals surface area contributed by atoms with Crippen LogP contribution in [-0.2, 0) is 25.7 Å². The van der Waals surface area contributed by atoms with Crippen LogP contribution in [0.3, 0.4) is 0 Å².